The zero-order chi connectivity index (χ0) is 44.6. The van der Waals surface area contributed by atoms with Crippen LogP contribution >= 0.6 is 0 Å². The van der Waals surface area contributed by atoms with Gasteiger partial charge >= 0.3 is 11.9 Å². The molecule has 2 atom stereocenters. The van der Waals surface area contributed by atoms with Crippen LogP contribution in [0, 0.1) is 6.92 Å². The fourth-order valence-electron chi connectivity index (χ4n) is 7.85. The Morgan fingerprint density at radius 2 is 1.23 bits per heavy atom. The summed E-state index contributed by atoms with van der Waals surface area (Å²) >= 11 is 0. The Balaban J connectivity index is 0.000000207. The number of hydrogen-bond acceptors (Lipinski definition) is 8. The normalized spacial score (nSPS) is 13.7. The molecule has 6 aromatic rings. The number of pyridine rings is 2. The zero-order valence-corrected chi connectivity index (χ0v) is 36.4. The van der Waals surface area contributed by atoms with Crippen LogP contribution in [0.25, 0.3) is 43.8 Å². The van der Waals surface area contributed by atoms with Crippen LogP contribution in [0.5, 0.6) is 11.5 Å². The van der Waals surface area contributed by atoms with Gasteiger partial charge in [-0.15, -0.1) is 0 Å². The maximum absolute atomic E-state index is 13.4. The molecular weight excluding hydrogens is 777 g/mol. The quantitative estimate of drug-likeness (QED) is 0.144. The molecule has 0 amide bonds. The Hall–Kier alpha value is -6.24. The van der Waals surface area contributed by atoms with Crippen molar-refractivity contribution in [1.82, 2.24) is 9.13 Å². The summed E-state index contributed by atoms with van der Waals surface area (Å²) < 4.78 is 25.8. The van der Waals surface area contributed by atoms with Crippen molar-refractivity contribution < 1.29 is 38.7 Å². The van der Waals surface area contributed by atoms with Crippen LogP contribution in [0.3, 0.4) is 0 Å². The van der Waals surface area contributed by atoms with E-state index in [0.29, 0.717) is 51.0 Å². The third kappa shape index (κ3) is 9.25. The van der Waals surface area contributed by atoms with Gasteiger partial charge in [0.2, 0.25) is 0 Å². The number of rotatable bonds is 9. The number of aryl methyl sites for hydroxylation is 2. The first-order valence-corrected chi connectivity index (χ1v) is 20.2. The summed E-state index contributed by atoms with van der Waals surface area (Å²) in [5.41, 5.74) is 3.76. The number of aliphatic carboxylic acids is 2. The van der Waals surface area contributed by atoms with E-state index in [-0.39, 0.29) is 11.1 Å². The van der Waals surface area contributed by atoms with Gasteiger partial charge < -0.3 is 38.3 Å². The van der Waals surface area contributed by atoms with E-state index in [1.165, 1.54) is 9.13 Å². The number of carboxylic acid groups (broad SMARTS) is 2. The van der Waals surface area contributed by atoms with E-state index in [0.717, 1.165) is 46.2 Å². The van der Waals surface area contributed by atoms with Crippen molar-refractivity contribution in [3.05, 3.63) is 128 Å². The highest BCUT2D eigenvalue weighted by molar-refractivity contribution is 6.01. The van der Waals surface area contributed by atoms with Crippen LogP contribution in [-0.2, 0) is 39.6 Å². The number of ether oxygens (including phenoxy) is 4. The summed E-state index contributed by atoms with van der Waals surface area (Å²) in [7, 11) is 4.74. The van der Waals surface area contributed by atoms with E-state index in [1.54, 1.807) is 87.0 Å². The van der Waals surface area contributed by atoms with Crippen LogP contribution in [-0.4, -0.2) is 56.2 Å². The molecule has 0 spiro atoms. The number of hydrogen-bond donors (Lipinski definition) is 2. The number of carbonyl (C=O) groups is 2. The van der Waals surface area contributed by atoms with Gasteiger partial charge in [0.15, 0.2) is 12.2 Å². The highest BCUT2D eigenvalue weighted by Crippen LogP contribution is 2.41. The molecule has 0 radical (unpaired) electrons. The molecule has 0 aliphatic carbocycles. The minimum atomic E-state index is -1.34. The molecule has 320 valence electrons. The molecule has 2 N–H and O–H groups in total. The van der Waals surface area contributed by atoms with Crippen LogP contribution in [0.2, 0.25) is 0 Å². The number of nitrogens with zero attached hydrogens (tertiary/aromatic N) is 2. The summed E-state index contributed by atoms with van der Waals surface area (Å²) in [4.78, 5) is 51.0. The number of aromatic nitrogens is 2. The monoisotopic (exact) mass is 830 g/mol. The third-order valence-corrected chi connectivity index (χ3v) is 10.5. The van der Waals surface area contributed by atoms with Crippen molar-refractivity contribution in [3.63, 3.8) is 0 Å². The first kappa shape index (κ1) is 44.3. The highest BCUT2D eigenvalue weighted by atomic mass is 16.5. The number of methoxy groups -OCH3 is 1. The van der Waals surface area contributed by atoms with Crippen molar-refractivity contribution in [2.24, 2.45) is 14.1 Å². The molecule has 2 unspecified atom stereocenters. The van der Waals surface area contributed by atoms with Gasteiger partial charge in [-0.05, 0) is 131 Å². The molecule has 0 bridgehead atoms. The Morgan fingerprint density at radius 1 is 0.689 bits per heavy atom. The van der Waals surface area contributed by atoms with Crippen molar-refractivity contribution in [3.8, 4) is 33.8 Å². The Bertz CT molecular complexity index is 2770. The minimum Gasteiger partial charge on any atom is -0.497 e. The van der Waals surface area contributed by atoms with E-state index >= 15 is 0 Å². The molecular formula is C49H54N2O10. The van der Waals surface area contributed by atoms with E-state index in [1.807, 2.05) is 67.6 Å². The first-order valence-electron chi connectivity index (χ1n) is 20.2. The average Bonchev–Trinajstić information content (AvgIpc) is 3.21. The maximum Gasteiger partial charge on any atom is 0.339 e. The van der Waals surface area contributed by atoms with E-state index in [2.05, 4.69) is 0 Å². The highest BCUT2D eigenvalue weighted by Gasteiger charge is 2.35. The van der Waals surface area contributed by atoms with E-state index < -0.39 is 35.3 Å². The third-order valence-electron chi connectivity index (χ3n) is 10.5. The number of fused-ring (bicyclic) bond motifs is 3. The molecule has 61 heavy (non-hydrogen) atoms. The molecule has 12 heteroatoms. The van der Waals surface area contributed by atoms with Crippen LogP contribution in [0.15, 0.2) is 94.5 Å². The molecule has 4 aromatic carbocycles. The standard InChI is InChI=1S/C26H29NO6.C23H25NO4/c1-26(2,3)33-23(25(29)30)22-21(16-8-11-20-15(13-16)7-6-12-32-20)18-10-9-17(31-5)14-19(18)24(28)27(22)4;1-14-10-6-7-11-15(14)18-16-12-8-9-13-17(16)21(25)24(5)19(18)20(22(26)27)28-23(2,3)4/h8-11,13-14,23H,6-7,12H2,1-5H3,(H,29,30);6-13,20H,1-5H3,(H,26,27). The summed E-state index contributed by atoms with van der Waals surface area (Å²) in [5.74, 6) is -0.897. The summed E-state index contributed by atoms with van der Waals surface area (Å²) in [6, 6.07) is 26.2. The van der Waals surface area contributed by atoms with Crippen LogP contribution in [0.1, 0.15) is 82.7 Å². The minimum absolute atomic E-state index is 0.244. The molecule has 0 fully saturated rings. The molecule has 1 aliphatic heterocycles. The zero-order valence-electron chi connectivity index (χ0n) is 36.4. The lowest BCUT2D eigenvalue weighted by atomic mass is 9.91. The van der Waals surface area contributed by atoms with Crippen molar-refractivity contribution in [1.29, 1.82) is 0 Å². The summed E-state index contributed by atoms with van der Waals surface area (Å²) in [6.45, 7) is 13.4. The Morgan fingerprint density at radius 3 is 1.80 bits per heavy atom. The van der Waals surface area contributed by atoms with Crippen molar-refractivity contribution in [2.45, 2.75) is 84.7 Å². The van der Waals surface area contributed by atoms with Gasteiger partial charge in [-0.2, -0.15) is 0 Å². The van der Waals surface area contributed by atoms with Crippen LogP contribution in [0.4, 0.5) is 0 Å². The van der Waals surface area contributed by atoms with Crippen molar-refractivity contribution in [2.75, 3.05) is 13.7 Å². The van der Waals surface area contributed by atoms with E-state index in [9.17, 15) is 29.4 Å². The maximum atomic E-state index is 13.4. The topological polar surface area (TPSA) is 156 Å². The second-order valence-corrected chi connectivity index (χ2v) is 17.2. The number of carboxylic acids is 2. The lowest BCUT2D eigenvalue weighted by Gasteiger charge is -2.29. The molecule has 3 heterocycles. The molecule has 0 saturated heterocycles. The van der Waals surface area contributed by atoms with Gasteiger partial charge in [-0.3, -0.25) is 9.59 Å². The predicted octanol–water partition coefficient (Wildman–Crippen LogP) is 8.93. The second kappa shape index (κ2) is 17.4. The predicted molar refractivity (Wildman–Crippen MR) is 237 cm³/mol. The Kier molecular flexibility index (Phi) is 12.6. The van der Waals surface area contributed by atoms with Gasteiger partial charge in [0.25, 0.3) is 11.1 Å². The second-order valence-electron chi connectivity index (χ2n) is 17.2. The van der Waals surface area contributed by atoms with Gasteiger partial charge in [-0.25, -0.2) is 9.59 Å². The van der Waals surface area contributed by atoms with E-state index in [4.69, 9.17) is 18.9 Å². The largest absolute Gasteiger partial charge is 0.497 e. The number of benzene rings is 4. The fourth-order valence-corrected chi connectivity index (χ4v) is 7.85. The molecule has 0 saturated carbocycles. The summed E-state index contributed by atoms with van der Waals surface area (Å²) in [6.07, 6.45) is -0.829. The lowest BCUT2D eigenvalue weighted by Crippen LogP contribution is -2.33. The SMILES string of the molecule is COc1ccc2c(-c3ccc4c(c3)CCCO4)c(C(OC(C)(C)C)C(=O)O)n(C)c(=O)c2c1.Cc1ccccc1-c1c(C(OC(C)(C)C)C(=O)O)n(C)c(=O)c2ccccc12. The molecule has 2 aromatic heterocycles. The van der Waals surface area contributed by atoms with Gasteiger partial charge in [-0.1, -0.05) is 48.5 Å². The smallest absolute Gasteiger partial charge is 0.339 e. The summed E-state index contributed by atoms with van der Waals surface area (Å²) in [5, 5.41) is 22.5. The average molecular weight is 831 g/mol. The molecule has 12 nitrogen and oxygen atoms in total. The lowest BCUT2D eigenvalue weighted by molar-refractivity contribution is -0.161. The molecule has 1 aliphatic rings. The van der Waals surface area contributed by atoms with Crippen LogP contribution < -0.4 is 20.6 Å². The van der Waals surface area contributed by atoms with Gasteiger partial charge in [0, 0.05) is 30.6 Å². The van der Waals surface area contributed by atoms with Crippen molar-refractivity contribution >= 4 is 33.5 Å². The first-order chi connectivity index (χ1) is 28.7. The Labute approximate surface area is 354 Å². The van der Waals surface area contributed by atoms with Gasteiger partial charge in [0.05, 0.1) is 41.7 Å². The molecule has 7 rings (SSSR count). The van der Waals surface area contributed by atoms with Gasteiger partial charge in [0.1, 0.15) is 11.5 Å². The fraction of sp³-hybridized carbons (Fsp3) is 0.347.